The molecule has 120 valence electrons. The number of hydrogen-bond acceptors (Lipinski definition) is 4. The highest BCUT2D eigenvalue weighted by Crippen LogP contribution is 2.31. The van der Waals surface area contributed by atoms with Crippen LogP contribution in [0.3, 0.4) is 0 Å². The minimum Gasteiger partial charge on any atom is -0.508 e. The number of phenolic OH excluding ortho intramolecular Hbond substituents is 1. The highest BCUT2D eigenvalue weighted by Gasteiger charge is 2.35. The van der Waals surface area contributed by atoms with Crippen molar-refractivity contribution in [3.63, 3.8) is 0 Å². The van der Waals surface area contributed by atoms with Crippen LogP contribution >= 0.6 is 0 Å². The molecule has 2 N–H and O–H groups in total. The number of carbonyl (C=O) groups is 1. The first-order valence-electron chi connectivity index (χ1n) is 7.78. The lowest BCUT2D eigenvalue weighted by atomic mass is 9.98. The van der Waals surface area contributed by atoms with Gasteiger partial charge in [0.25, 0.3) is 5.91 Å². The monoisotopic (exact) mass is 321 g/mol. The number of benzene rings is 2. The molecule has 0 saturated carbocycles. The SMILES string of the molecule is CCc1ccc2oc3c(c(=O)c2c1)[C@@H](c1ccc(O)cc1)NC3=O. The summed E-state index contributed by atoms with van der Waals surface area (Å²) in [6.45, 7) is 2.01. The Balaban J connectivity index is 1.97. The summed E-state index contributed by atoms with van der Waals surface area (Å²) in [6.07, 6.45) is 0.811. The summed E-state index contributed by atoms with van der Waals surface area (Å²) in [5.41, 5.74) is 2.30. The Morgan fingerprint density at radius 1 is 1.12 bits per heavy atom. The summed E-state index contributed by atoms with van der Waals surface area (Å²) in [4.78, 5) is 25.2. The maximum atomic E-state index is 13.0. The van der Waals surface area contributed by atoms with Crippen molar-refractivity contribution >= 4 is 16.9 Å². The van der Waals surface area contributed by atoms with Gasteiger partial charge in [-0.1, -0.05) is 25.1 Å². The maximum Gasteiger partial charge on any atom is 0.288 e. The molecule has 1 amide bonds. The van der Waals surface area contributed by atoms with E-state index in [1.165, 1.54) is 12.1 Å². The molecule has 2 heterocycles. The number of hydrogen-bond donors (Lipinski definition) is 2. The summed E-state index contributed by atoms with van der Waals surface area (Å²) in [5, 5.41) is 12.7. The van der Waals surface area contributed by atoms with Gasteiger partial charge in [0.1, 0.15) is 11.3 Å². The van der Waals surface area contributed by atoms with Gasteiger partial charge in [0, 0.05) is 0 Å². The van der Waals surface area contributed by atoms with E-state index in [1.807, 2.05) is 19.1 Å². The number of amides is 1. The number of aryl methyl sites for hydroxylation is 1. The van der Waals surface area contributed by atoms with E-state index in [4.69, 9.17) is 4.42 Å². The van der Waals surface area contributed by atoms with Crippen LogP contribution in [0.25, 0.3) is 11.0 Å². The molecule has 5 heteroatoms. The number of rotatable bonds is 2. The molecule has 1 aromatic heterocycles. The van der Waals surface area contributed by atoms with E-state index < -0.39 is 11.9 Å². The Hall–Kier alpha value is -3.08. The third-order valence-electron chi connectivity index (χ3n) is 4.39. The van der Waals surface area contributed by atoms with E-state index in [9.17, 15) is 14.7 Å². The fourth-order valence-corrected chi connectivity index (χ4v) is 3.09. The van der Waals surface area contributed by atoms with Gasteiger partial charge in [0.15, 0.2) is 5.43 Å². The Labute approximate surface area is 137 Å². The van der Waals surface area contributed by atoms with Gasteiger partial charge in [-0.3, -0.25) is 9.59 Å². The lowest BCUT2D eigenvalue weighted by Crippen LogP contribution is -2.21. The van der Waals surface area contributed by atoms with E-state index in [0.717, 1.165) is 17.5 Å². The summed E-state index contributed by atoms with van der Waals surface area (Å²) in [5.74, 6) is -0.210. The molecule has 0 bridgehead atoms. The minimum absolute atomic E-state index is 0.0647. The zero-order valence-corrected chi connectivity index (χ0v) is 13.0. The van der Waals surface area contributed by atoms with Crippen LogP contribution in [0, 0.1) is 0 Å². The number of carbonyl (C=O) groups excluding carboxylic acids is 1. The molecule has 0 radical (unpaired) electrons. The Bertz CT molecular complexity index is 1020. The van der Waals surface area contributed by atoms with Gasteiger partial charge in [-0.25, -0.2) is 0 Å². The lowest BCUT2D eigenvalue weighted by molar-refractivity contribution is 0.0938. The van der Waals surface area contributed by atoms with E-state index >= 15 is 0 Å². The first kappa shape index (κ1) is 14.5. The first-order chi connectivity index (χ1) is 11.6. The fourth-order valence-electron chi connectivity index (χ4n) is 3.09. The van der Waals surface area contributed by atoms with E-state index in [0.29, 0.717) is 16.5 Å². The molecule has 1 aliphatic heterocycles. The second-order valence-corrected chi connectivity index (χ2v) is 5.86. The van der Waals surface area contributed by atoms with Gasteiger partial charge in [-0.15, -0.1) is 0 Å². The third-order valence-corrected chi connectivity index (χ3v) is 4.39. The van der Waals surface area contributed by atoms with Crippen LogP contribution in [0.15, 0.2) is 51.7 Å². The molecule has 0 saturated heterocycles. The van der Waals surface area contributed by atoms with Crippen molar-refractivity contribution in [2.45, 2.75) is 19.4 Å². The molecule has 0 unspecified atom stereocenters. The van der Waals surface area contributed by atoms with Crippen LogP contribution in [0.5, 0.6) is 5.75 Å². The molecule has 1 aliphatic rings. The smallest absolute Gasteiger partial charge is 0.288 e. The second kappa shape index (κ2) is 5.23. The number of nitrogens with one attached hydrogen (secondary N) is 1. The van der Waals surface area contributed by atoms with E-state index in [2.05, 4.69) is 5.32 Å². The van der Waals surface area contributed by atoms with Crippen LogP contribution in [-0.2, 0) is 6.42 Å². The van der Waals surface area contributed by atoms with Crippen LogP contribution in [0.2, 0.25) is 0 Å². The summed E-state index contributed by atoms with van der Waals surface area (Å²) in [7, 11) is 0. The predicted octanol–water partition coefficient (Wildman–Crippen LogP) is 2.89. The molecule has 4 rings (SSSR count). The molecule has 0 fully saturated rings. The van der Waals surface area contributed by atoms with Gasteiger partial charge in [0.2, 0.25) is 5.76 Å². The Kier molecular flexibility index (Phi) is 3.16. The van der Waals surface area contributed by atoms with E-state index in [1.54, 1.807) is 18.2 Å². The molecule has 2 aromatic carbocycles. The summed E-state index contributed by atoms with van der Waals surface area (Å²) >= 11 is 0. The highest BCUT2D eigenvalue weighted by atomic mass is 16.3. The topological polar surface area (TPSA) is 79.5 Å². The zero-order chi connectivity index (χ0) is 16.8. The quantitative estimate of drug-likeness (QED) is 0.760. The molecule has 3 aromatic rings. The van der Waals surface area contributed by atoms with Crippen molar-refractivity contribution < 1.29 is 14.3 Å². The third kappa shape index (κ3) is 2.09. The van der Waals surface area contributed by atoms with Gasteiger partial charge in [-0.05, 0) is 41.8 Å². The average Bonchev–Trinajstić information content (AvgIpc) is 2.92. The first-order valence-corrected chi connectivity index (χ1v) is 7.78. The normalized spacial score (nSPS) is 16.2. The number of aromatic hydroxyl groups is 1. The van der Waals surface area contributed by atoms with E-state index in [-0.39, 0.29) is 16.9 Å². The highest BCUT2D eigenvalue weighted by molar-refractivity contribution is 5.99. The molecule has 0 spiro atoms. The van der Waals surface area contributed by atoms with Crippen molar-refractivity contribution in [1.82, 2.24) is 5.32 Å². The lowest BCUT2D eigenvalue weighted by Gasteiger charge is -2.11. The minimum atomic E-state index is -0.570. The molecule has 0 aliphatic carbocycles. The van der Waals surface area contributed by atoms with Crippen molar-refractivity contribution in [3.05, 3.63) is 75.1 Å². The summed E-state index contributed by atoms with van der Waals surface area (Å²) in [6, 6.07) is 11.3. The van der Waals surface area contributed by atoms with Gasteiger partial charge in [-0.2, -0.15) is 0 Å². The molecular weight excluding hydrogens is 306 g/mol. The summed E-state index contributed by atoms with van der Waals surface area (Å²) < 4.78 is 5.71. The van der Waals surface area contributed by atoms with Crippen molar-refractivity contribution in [2.24, 2.45) is 0 Å². The number of phenols is 1. The largest absolute Gasteiger partial charge is 0.508 e. The van der Waals surface area contributed by atoms with Crippen molar-refractivity contribution in [1.29, 1.82) is 0 Å². The van der Waals surface area contributed by atoms with Crippen LogP contribution in [-0.4, -0.2) is 11.0 Å². The molecule has 1 atom stereocenters. The van der Waals surface area contributed by atoms with Crippen molar-refractivity contribution in [3.8, 4) is 5.75 Å². The van der Waals surface area contributed by atoms with Crippen LogP contribution < -0.4 is 10.7 Å². The maximum absolute atomic E-state index is 13.0. The fraction of sp³-hybridized carbons (Fsp3) is 0.158. The van der Waals surface area contributed by atoms with Crippen molar-refractivity contribution in [2.75, 3.05) is 0 Å². The predicted molar refractivity (Wildman–Crippen MR) is 89.3 cm³/mol. The molecule has 24 heavy (non-hydrogen) atoms. The van der Waals surface area contributed by atoms with Crippen LogP contribution in [0.1, 0.15) is 40.2 Å². The van der Waals surface area contributed by atoms with Crippen LogP contribution in [0.4, 0.5) is 0 Å². The molecule has 5 nitrogen and oxygen atoms in total. The molecular formula is C19H15NO4. The Morgan fingerprint density at radius 2 is 1.88 bits per heavy atom. The second-order valence-electron chi connectivity index (χ2n) is 5.86. The van der Waals surface area contributed by atoms with Gasteiger partial charge < -0.3 is 14.8 Å². The Morgan fingerprint density at radius 3 is 2.58 bits per heavy atom. The number of fused-ring (bicyclic) bond motifs is 2. The zero-order valence-electron chi connectivity index (χ0n) is 13.0. The average molecular weight is 321 g/mol. The van der Waals surface area contributed by atoms with Gasteiger partial charge >= 0.3 is 0 Å². The van der Waals surface area contributed by atoms with Gasteiger partial charge in [0.05, 0.1) is 17.0 Å². The standard InChI is InChI=1S/C19H15NO4/c1-2-10-3-8-14-13(9-10)17(22)15-16(20-19(23)18(15)24-14)11-4-6-12(21)7-5-11/h3-9,16,21H,2H2,1H3,(H,20,23)/t16-/m1/s1.